The van der Waals surface area contributed by atoms with Crippen LogP contribution >= 0.6 is 0 Å². The van der Waals surface area contributed by atoms with E-state index in [1.807, 2.05) is 37.4 Å². The normalized spacial score (nSPS) is 12.8. The molecule has 5 heteroatoms. The van der Waals surface area contributed by atoms with Gasteiger partial charge in [-0.1, -0.05) is 6.92 Å². The molecule has 0 bridgehead atoms. The number of nitrogens with zero attached hydrogens (tertiary/aromatic N) is 4. The van der Waals surface area contributed by atoms with Gasteiger partial charge in [0.2, 0.25) is 0 Å². The zero-order chi connectivity index (χ0) is 13.0. The van der Waals surface area contributed by atoms with Gasteiger partial charge in [-0.05, 0) is 13.0 Å². The fourth-order valence-electron chi connectivity index (χ4n) is 1.99. The Bertz CT molecular complexity index is 485. The van der Waals surface area contributed by atoms with Crippen LogP contribution < -0.4 is 5.32 Å². The second-order valence-corrected chi connectivity index (χ2v) is 4.63. The minimum atomic E-state index is 0.229. The van der Waals surface area contributed by atoms with Crippen molar-refractivity contribution in [1.82, 2.24) is 24.4 Å². The Hall–Kier alpha value is -1.62. The van der Waals surface area contributed by atoms with Crippen LogP contribution in [0.25, 0.3) is 0 Å². The van der Waals surface area contributed by atoms with Crippen molar-refractivity contribution in [2.24, 2.45) is 14.1 Å². The molecule has 0 aromatic carbocycles. The van der Waals surface area contributed by atoms with Crippen molar-refractivity contribution in [1.29, 1.82) is 0 Å². The maximum atomic E-state index is 4.44. The highest BCUT2D eigenvalue weighted by atomic mass is 15.1. The zero-order valence-corrected chi connectivity index (χ0v) is 11.3. The van der Waals surface area contributed by atoms with Gasteiger partial charge in [-0.25, -0.2) is 9.97 Å². The van der Waals surface area contributed by atoms with Gasteiger partial charge in [0.1, 0.15) is 5.82 Å². The number of nitrogens with one attached hydrogen (secondary N) is 1. The molecular formula is C13H21N5. The maximum Gasteiger partial charge on any atom is 0.110 e. The molecule has 2 heterocycles. The van der Waals surface area contributed by atoms with Gasteiger partial charge in [-0.15, -0.1) is 0 Å². The van der Waals surface area contributed by atoms with Gasteiger partial charge in [0, 0.05) is 39.1 Å². The van der Waals surface area contributed by atoms with Crippen LogP contribution in [-0.2, 0) is 20.5 Å². The summed E-state index contributed by atoms with van der Waals surface area (Å²) in [6, 6.07) is 0.229. The van der Waals surface area contributed by atoms with Crippen LogP contribution in [0.3, 0.4) is 0 Å². The summed E-state index contributed by atoms with van der Waals surface area (Å²) in [4.78, 5) is 8.83. The first-order valence-corrected chi connectivity index (χ1v) is 6.38. The fraction of sp³-hybridized carbons (Fsp3) is 0.538. The topological polar surface area (TPSA) is 47.7 Å². The standard InChI is InChI=1S/C13H21N5/c1-4-5-14-11(12-9-17(2)10-16-12)8-13-15-6-7-18(13)3/h6-7,9-11,14H,4-5,8H2,1-3H3. The van der Waals surface area contributed by atoms with Gasteiger partial charge in [0.15, 0.2) is 0 Å². The average Bonchev–Trinajstić information content (AvgIpc) is 2.94. The van der Waals surface area contributed by atoms with Crippen LogP contribution in [0.4, 0.5) is 0 Å². The van der Waals surface area contributed by atoms with Crippen LogP contribution in [-0.4, -0.2) is 25.6 Å². The molecular weight excluding hydrogens is 226 g/mol. The summed E-state index contributed by atoms with van der Waals surface area (Å²) in [5.41, 5.74) is 1.08. The van der Waals surface area contributed by atoms with Crippen molar-refractivity contribution >= 4 is 0 Å². The van der Waals surface area contributed by atoms with Gasteiger partial charge in [-0.3, -0.25) is 0 Å². The summed E-state index contributed by atoms with van der Waals surface area (Å²) in [5, 5.41) is 3.54. The monoisotopic (exact) mass is 247 g/mol. The molecule has 0 spiro atoms. The van der Waals surface area contributed by atoms with Gasteiger partial charge in [0.05, 0.1) is 18.1 Å². The van der Waals surface area contributed by atoms with Crippen molar-refractivity contribution in [3.05, 3.63) is 36.4 Å². The van der Waals surface area contributed by atoms with Crippen molar-refractivity contribution in [3.63, 3.8) is 0 Å². The molecule has 0 saturated heterocycles. The lowest BCUT2D eigenvalue weighted by atomic mass is 10.1. The number of rotatable bonds is 6. The third kappa shape index (κ3) is 2.98. The van der Waals surface area contributed by atoms with E-state index in [0.717, 1.165) is 30.9 Å². The Morgan fingerprint density at radius 3 is 2.72 bits per heavy atom. The second-order valence-electron chi connectivity index (χ2n) is 4.63. The Balaban J connectivity index is 2.12. The molecule has 0 fully saturated rings. The molecule has 18 heavy (non-hydrogen) atoms. The predicted octanol–water partition coefficient (Wildman–Crippen LogP) is 1.44. The number of imidazole rings is 2. The molecule has 2 aromatic rings. The molecule has 5 nitrogen and oxygen atoms in total. The number of aromatic nitrogens is 4. The third-order valence-electron chi connectivity index (χ3n) is 3.03. The highest BCUT2D eigenvalue weighted by Gasteiger charge is 2.16. The Morgan fingerprint density at radius 2 is 2.17 bits per heavy atom. The highest BCUT2D eigenvalue weighted by molar-refractivity contribution is 5.08. The lowest BCUT2D eigenvalue weighted by molar-refractivity contribution is 0.502. The Morgan fingerprint density at radius 1 is 1.33 bits per heavy atom. The smallest absolute Gasteiger partial charge is 0.110 e. The third-order valence-corrected chi connectivity index (χ3v) is 3.03. The Labute approximate surface area is 108 Å². The lowest BCUT2D eigenvalue weighted by Crippen LogP contribution is -2.25. The van der Waals surface area contributed by atoms with Gasteiger partial charge in [0.25, 0.3) is 0 Å². The molecule has 2 aromatic heterocycles. The summed E-state index contributed by atoms with van der Waals surface area (Å²) in [7, 11) is 4.02. The summed E-state index contributed by atoms with van der Waals surface area (Å²) >= 11 is 0. The largest absolute Gasteiger partial charge is 0.340 e. The molecule has 0 saturated carbocycles. The van der Waals surface area contributed by atoms with Crippen LogP contribution in [0, 0.1) is 0 Å². The molecule has 1 atom stereocenters. The highest BCUT2D eigenvalue weighted by Crippen LogP contribution is 2.15. The average molecular weight is 247 g/mol. The van der Waals surface area contributed by atoms with Gasteiger partial charge in [-0.2, -0.15) is 0 Å². The molecule has 0 aliphatic carbocycles. The van der Waals surface area contributed by atoms with E-state index in [0.29, 0.717) is 0 Å². The van der Waals surface area contributed by atoms with Crippen LogP contribution in [0.1, 0.15) is 30.9 Å². The first kappa shape index (κ1) is 12.8. The summed E-state index contributed by atoms with van der Waals surface area (Å²) in [6.45, 7) is 3.16. The van der Waals surface area contributed by atoms with Crippen molar-refractivity contribution < 1.29 is 0 Å². The summed E-state index contributed by atoms with van der Waals surface area (Å²) < 4.78 is 4.04. The van der Waals surface area contributed by atoms with Gasteiger partial charge >= 0.3 is 0 Å². The van der Waals surface area contributed by atoms with E-state index in [4.69, 9.17) is 0 Å². The first-order valence-electron chi connectivity index (χ1n) is 6.38. The molecule has 0 aliphatic heterocycles. The zero-order valence-electron chi connectivity index (χ0n) is 11.3. The lowest BCUT2D eigenvalue weighted by Gasteiger charge is -2.16. The van der Waals surface area contributed by atoms with Crippen LogP contribution in [0.2, 0.25) is 0 Å². The molecule has 0 amide bonds. The molecule has 1 unspecified atom stereocenters. The van der Waals surface area contributed by atoms with E-state index in [2.05, 4.69) is 33.0 Å². The Kier molecular flexibility index (Phi) is 4.15. The number of aryl methyl sites for hydroxylation is 2. The molecule has 1 N–H and O–H groups in total. The summed E-state index contributed by atoms with van der Waals surface area (Å²) in [6.07, 6.45) is 9.70. The predicted molar refractivity (Wildman–Crippen MR) is 71.2 cm³/mol. The minimum Gasteiger partial charge on any atom is -0.340 e. The molecule has 2 rings (SSSR count). The quantitative estimate of drug-likeness (QED) is 0.840. The molecule has 98 valence electrons. The summed E-state index contributed by atoms with van der Waals surface area (Å²) in [5.74, 6) is 1.08. The van der Waals surface area contributed by atoms with E-state index in [9.17, 15) is 0 Å². The van der Waals surface area contributed by atoms with Crippen molar-refractivity contribution in [2.75, 3.05) is 6.54 Å². The van der Waals surface area contributed by atoms with Crippen molar-refractivity contribution in [3.8, 4) is 0 Å². The first-order chi connectivity index (χ1) is 8.70. The SMILES string of the molecule is CCCNC(Cc1nccn1C)c1cn(C)cn1. The number of hydrogen-bond acceptors (Lipinski definition) is 3. The molecule has 0 aliphatic rings. The van der Waals surface area contributed by atoms with E-state index >= 15 is 0 Å². The fourth-order valence-corrected chi connectivity index (χ4v) is 1.99. The molecule has 0 radical (unpaired) electrons. The second kappa shape index (κ2) is 5.82. The van der Waals surface area contributed by atoms with Crippen molar-refractivity contribution in [2.45, 2.75) is 25.8 Å². The van der Waals surface area contributed by atoms with Gasteiger partial charge < -0.3 is 14.5 Å². The van der Waals surface area contributed by atoms with E-state index < -0.39 is 0 Å². The van der Waals surface area contributed by atoms with E-state index in [1.165, 1.54) is 0 Å². The van der Waals surface area contributed by atoms with E-state index in [1.54, 1.807) is 0 Å². The van der Waals surface area contributed by atoms with Crippen LogP contribution in [0.15, 0.2) is 24.9 Å². The maximum absolute atomic E-state index is 4.44. The number of hydrogen-bond donors (Lipinski definition) is 1. The van der Waals surface area contributed by atoms with Crippen LogP contribution in [0.5, 0.6) is 0 Å². The van der Waals surface area contributed by atoms with E-state index in [-0.39, 0.29) is 6.04 Å². The minimum absolute atomic E-state index is 0.229.